The van der Waals surface area contributed by atoms with Crippen LogP contribution >= 0.6 is 31.9 Å². The van der Waals surface area contributed by atoms with Gasteiger partial charge in [-0.15, -0.1) is 0 Å². The first-order valence-electron chi connectivity index (χ1n) is 9.56. The second kappa shape index (κ2) is 14.7. The number of ether oxygens (including phenoxy) is 2. The maximum absolute atomic E-state index is 5.90. The first-order valence-corrected chi connectivity index (χ1v) is 11.8. The molecule has 0 aliphatic heterocycles. The van der Waals surface area contributed by atoms with Gasteiger partial charge in [-0.3, -0.25) is 0 Å². The summed E-state index contributed by atoms with van der Waals surface area (Å²) >= 11 is 6.84. The summed E-state index contributed by atoms with van der Waals surface area (Å²) in [7, 11) is 0. The molecule has 0 N–H and O–H groups in total. The van der Waals surface area contributed by atoms with Gasteiger partial charge in [-0.2, -0.15) is 0 Å². The first kappa shape index (κ1) is 23.1. The highest BCUT2D eigenvalue weighted by atomic mass is 79.9. The lowest BCUT2D eigenvalue weighted by Gasteiger charge is -2.15. The maximum Gasteiger partial charge on any atom is 0.0686 e. The number of hydrogen-bond donors (Lipinski definition) is 0. The molecule has 0 aromatic heterocycles. The summed E-state index contributed by atoms with van der Waals surface area (Å²) in [6.45, 7) is 2.67. The fraction of sp³-hybridized carbons (Fsp3) is 0.333. The highest BCUT2D eigenvalue weighted by Gasteiger charge is 2.08. The summed E-state index contributed by atoms with van der Waals surface area (Å²) < 4.78 is 11.5. The molecule has 2 rings (SSSR count). The predicted octanol–water partition coefficient (Wildman–Crippen LogP) is 6.15. The van der Waals surface area contributed by atoms with Gasteiger partial charge < -0.3 is 9.47 Å². The van der Waals surface area contributed by atoms with Crippen LogP contribution in [0.2, 0.25) is 0 Å². The fourth-order valence-corrected chi connectivity index (χ4v) is 3.32. The Bertz CT molecular complexity index is 712. The van der Waals surface area contributed by atoms with Crippen LogP contribution in [0.5, 0.6) is 0 Å². The largest absolute Gasteiger partial charge is 0.377 e. The topological polar surface area (TPSA) is 18.5 Å². The van der Waals surface area contributed by atoms with Crippen molar-refractivity contribution < 1.29 is 9.47 Å². The third-order valence-electron chi connectivity index (χ3n) is 4.20. The van der Waals surface area contributed by atoms with Crippen LogP contribution in [0.1, 0.15) is 11.1 Å². The monoisotopic (exact) mass is 506 g/mol. The van der Waals surface area contributed by atoms with Gasteiger partial charge in [0, 0.05) is 10.7 Å². The second-order valence-electron chi connectivity index (χ2n) is 6.36. The molecule has 0 spiro atoms. The van der Waals surface area contributed by atoms with E-state index in [0.29, 0.717) is 26.4 Å². The van der Waals surface area contributed by atoms with Crippen LogP contribution in [0.25, 0.3) is 0 Å². The Labute approximate surface area is 185 Å². The second-order valence-corrected chi connectivity index (χ2v) is 7.95. The van der Waals surface area contributed by atoms with E-state index < -0.39 is 0 Å². The fourth-order valence-electron chi connectivity index (χ4n) is 2.86. The van der Waals surface area contributed by atoms with Crippen molar-refractivity contribution in [3.8, 4) is 0 Å². The Morgan fingerprint density at radius 3 is 1.93 bits per heavy atom. The van der Waals surface area contributed by atoms with Crippen molar-refractivity contribution in [3.63, 3.8) is 0 Å². The molecule has 0 amide bonds. The van der Waals surface area contributed by atoms with Gasteiger partial charge in [0.1, 0.15) is 0 Å². The molecule has 28 heavy (non-hydrogen) atoms. The molecule has 4 heteroatoms. The highest BCUT2D eigenvalue weighted by Crippen LogP contribution is 2.19. The lowest BCUT2D eigenvalue weighted by molar-refractivity contribution is 0.172. The minimum atomic E-state index is 0.616. The quantitative estimate of drug-likeness (QED) is 0.184. The molecule has 0 unspecified atom stereocenters. The van der Waals surface area contributed by atoms with E-state index in [1.807, 2.05) is 0 Å². The van der Waals surface area contributed by atoms with E-state index in [4.69, 9.17) is 9.47 Å². The molecule has 0 atom stereocenters. The van der Waals surface area contributed by atoms with Crippen LogP contribution in [0.4, 0.5) is 0 Å². The van der Waals surface area contributed by atoms with E-state index in [9.17, 15) is 0 Å². The van der Waals surface area contributed by atoms with E-state index in [0.717, 1.165) is 23.5 Å². The molecule has 2 aromatic carbocycles. The molecule has 0 aliphatic rings. The molecule has 0 aliphatic carbocycles. The van der Waals surface area contributed by atoms with Crippen LogP contribution in [0.3, 0.4) is 0 Å². The van der Waals surface area contributed by atoms with Gasteiger partial charge in [0.25, 0.3) is 0 Å². The van der Waals surface area contributed by atoms with Crippen LogP contribution in [0, 0.1) is 0 Å². The zero-order valence-corrected chi connectivity index (χ0v) is 19.3. The van der Waals surface area contributed by atoms with Gasteiger partial charge in [-0.05, 0) is 35.1 Å². The van der Waals surface area contributed by atoms with Gasteiger partial charge in [-0.25, -0.2) is 0 Å². The normalized spacial score (nSPS) is 12.4. The van der Waals surface area contributed by atoms with Gasteiger partial charge in [0.15, 0.2) is 0 Å². The highest BCUT2D eigenvalue weighted by molar-refractivity contribution is 9.09. The first-order chi connectivity index (χ1) is 13.8. The smallest absolute Gasteiger partial charge is 0.0686 e. The Kier molecular flexibility index (Phi) is 12.2. The van der Waals surface area contributed by atoms with Crippen molar-refractivity contribution in [2.24, 2.45) is 0 Å². The van der Waals surface area contributed by atoms with Gasteiger partial charge in [-0.1, -0.05) is 105 Å². The molecular weight excluding hydrogens is 480 g/mol. The predicted molar refractivity (Wildman–Crippen MR) is 126 cm³/mol. The van der Waals surface area contributed by atoms with Crippen molar-refractivity contribution in [2.75, 3.05) is 37.1 Å². The van der Waals surface area contributed by atoms with E-state index >= 15 is 0 Å². The van der Waals surface area contributed by atoms with E-state index in [1.165, 1.54) is 22.3 Å². The zero-order valence-electron chi connectivity index (χ0n) is 16.2. The molecule has 0 saturated heterocycles. The zero-order chi connectivity index (χ0) is 19.9. The number of benzene rings is 2. The minimum absolute atomic E-state index is 0.616. The molecule has 0 bridgehead atoms. The summed E-state index contributed by atoms with van der Waals surface area (Å²) in [6.07, 6.45) is 6.08. The average molecular weight is 508 g/mol. The Balaban J connectivity index is 2.26. The summed E-state index contributed by atoms with van der Waals surface area (Å²) in [5.41, 5.74) is 5.21. The molecule has 0 heterocycles. The van der Waals surface area contributed by atoms with Crippen LogP contribution in [-0.4, -0.2) is 37.1 Å². The lowest BCUT2D eigenvalue weighted by Crippen LogP contribution is -2.08. The molecule has 2 aromatic rings. The minimum Gasteiger partial charge on any atom is -0.377 e. The number of alkyl halides is 2. The van der Waals surface area contributed by atoms with Crippen molar-refractivity contribution in [1.29, 1.82) is 0 Å². The summed E-state index contributed by atoms with van der Waals surface area (Å²) in [5.74, 6) is 0. The van der Waals surface area contributed by atoms with E-state index in [1.54, 1.807) is 0 Å². The summed E-state index contributed by atoms with van der Waals surface area (Å²) in [6, 6.07) is 21.2. The van der Waals surface area contributed by atoms with Gasteiger partial charge in [0.05, 0.1) is 26.4 Å². The third kappa shape index (κ3) is 9.33. The van der Waals surface area contributed by atoms with Crippen molar-refractivity contribution in [2.45, 2.75) is 12.8 Å². The Hall–Kier alpha value is -1.20. The molecule has 150 valence electrons. The van der Waals surface area contributed by atoms with Crippen molar-refractivity contribution >= 4 is 31.9 Å². The molecule has 0 radical (unpaired) electrons. The van der Waals surface area contributed by atoms with Crippen LogP contribution in [-0.2, 0) is 22.3 Å². The summed E-state index contributed by atoms with van der Waals surface area (Å²) in [5, 5.41) is 1.70. The number of rotatable bonds is 13. The molecule has 2 nitrogen and oxygen atoms in total. The van der Waals surface area contributed by atoms with Crippen molar-refractivity contribution in [3.05, 3.63) is 95.1 Å². The van der Waals surface area contributed by atoms with Gasteiger partial charge in [0.2, 0.25) is 0 Å². The third-order valence-corrected chi connectivity index (χ3v) is 4.85. The molecular formula is C24H28Br2O2. The van der Waals surface area contributed by atoms with Crippen LogP contribution in [0.15, 0.2) is 84.0 Å². The Morgan fingerprint density at radius 2 is 1.32 bits per heavy atom. The SMILES string of the molecule is BrCCOC/C=C/C(Cc1ccccc1)=C(/COCCBr)Cc1ccccc1. The molecule has 0 fully saturated rings. The van der Waals surface area contributed by atoms with Gasteiger partial charge >= 0.3 is 0 Å². The number of allylic oxidation sites excluding steroid dienone is 2. The summed E-state index contributed by atoms with van der Waals surface area (Å²) in [4.78, 5) is 0. The van der Waals surface area contributed by atoms with E-state index in [-0.39, 0.29) is 0 Å². The number of halogens is 2. The Morgan fingerprint density at radius 1 is 0.750 bits per heavy atom. The molecule has 0 saturated carbocycles. The van der Waals surface area contributed by atoms with Crippen molar-refractivity contribution in [1.82, 2.24) is 0 Å². The maximum atomic E-state index is 5.90. The average Bonchev–Trinajstić information content (AvgIpc) is 2.74. The lowest BCUT2D eigenvalue weighted by atomic mass is 9.95. The standard InChI is InChI=1S/C24H28Br2O2/c25-13-16-27-15-7-12-23(18-21-8-3-1-4-9-21)24(20-28-17-14-26)19-22-10-5-2-6-11-22/h1-12H,13-20H2/b12-7+,24-23-. The number of hydrogen-bond acceptors (Lipinski definition) is 2. The van der Waals surface area contributed by atoms with E-state index in [2.05, 4.69) is 105 Å². The van der Waals surface area contributed by atoms with Crippen LogP contribution < -0.4 is 0 Å².